The number of hydrogen-bond acceptors (Lipinski definition) is 1. The second kappa shape index (κ2) is 5.87. The number of nitrogens with zero attached hydrogens (tertiary/aromatic N) is 1. The van der Waals surface area contributed by atoms with Crippen LogP contribution in [0.15, 0.2) is 76.9 Å². The third-order valence-corrected chi connectivity index (χ3v) is 3.62. The Morgan fingerprint density at radius 1 is 0.950 bits per heavy atom. The fraction of sp³-hybridized carbons (Fsp3) is 0.211. The zero-order valence-electron chi connectivity index (χ0n) is 11.8. The van der Waals surface area contributed by atoms with Gasteiger partial charge in [-0.3, -0.25) is 4.99 Å². The highest BCUT2D eigenvalue weighted by Gasteiger charge is 2.09. The molecule has 0 atom stereocenters. The second-order valence-electron chi connectivity index (χ2n) is 5.25. The predicted molar refractivity (Wildman–Crippen MR) is 86.7 cm³/mol. The van der Waals surface area contributed by atoms with Gasteiger partial charge < -0.3 is 0 Å². The highest BCUT2D eigenvalue weighted by atomic mass is 14.8. The van der Waals surface area contributed by atoms with E-state index in [1.165, 1.54) is 16.7 Å². The van der Waals surface area contributed by atoms with E-state index in [4.69, 9.17) is 4.99 Å². The fourth-order valence-electron chi connectivity index (χ4n) is 2.53. The van der Waals surface area contributed by atoms with E-state index in [1.807, 2.05) is 6.07 Å². The van der Waals surface area contributed by atoms with Crippen LogP contribution in [0.5, 0.6) is 0 Å². The lowest BCUT2D eigenvalue weighted by Crippen LogP contribution is -1.89. The molecule has 3 rings (SSSR count). The monoisotopic (exact) mass is 261 g/mol. The van der Waals surface area contributed by atoms with E-state index < -0.39 is 0 Å². The van der Waals surface area contributed by atoms with Gasteiger partial charge in [0.05, 0.1) is 5.70 Å². The lowest BCUT2D eigenvalue weighted by Gasteiger charge is -2.09. The quantitative estimate of drug-likeness (QED) is 0.702. The lowest BCUT2D eigenvalue weighted by atomic mass is 9.97. The van der Waals surface area contributed by atoms with Crippen LogP contribution in [0.2, 0.25) is 0 Å². The van der Waals surface area contributed by atoms with Crippen molar-refractivity contribution >= 4 is 11.4 Å². The van der Waals surface area contributed by atoms with Crippen LogP contribution in [0.1, 0.15) is 31.7 Å². The van der Waals surface area contributed by atoms with Gasteiger partial charge in [0.15, 0.2) is 0 Å². The van der Waals surface area contributed by atoms with E-state index in [-0.39, 0.29) is 0 Å². The molecule has 100 valence electrons. The molecule has 0 amide bonds. The molecule has 0 N–H and O–H groups in total. The summed E-state index contributed by atoms with van der Waals surface area (Å²) in [5, 5.41) is 0. The van der Waals surface area contributed by atoms with E-state index in [9.17, 15) is 0 Å². The third-order valence-electron chi connectivity index (χ3n) is 3.62. The van der Waals surface area contributed by atoms with E-state index in [2.05, 4.69) is 61.6 Å². The smallest absolute Gasteiger partial charge is 0.0707 e. The average molecular weight is 261 g/mol. The molecule has 1 heterocycles. The summed E-state index contributed by atoms with van der Waals surface area (Å²) in [5.41, 5.74) is 6.03. The molecule has 0 spiro atoms. The SMILES string of the molecule is CC1=NC(c2ccccc2)=CC(C2=CCCC=C2)=CC1. The van der Waals surface area contributed by atoms with Gasteiger partial charge >= 0.3 is 0 Å². The summed E-state index contributed by atoms with van der Waals surface area (Å²) < 4.78 is 0. The summed E-state index contributed by atoms with van der Waals surface area (Å²) in [6.45, 7) is 2.10. The highest BCUT2D eigenvalue weighted by Crippen LogP contribution is 2.27. The first kappa shape index (κ1) is 12.9. The lowest BCUT2D eigenvalue weighted by molar-refractivity contribution is 1.02. The van der Waals surface area contributed by atoms with E-state index in [1.54, 1.807) is 0 Å². The van der Waals surface area contributed by atoms with Gasteiger partial charge in [-0.05, 0) is 37.0 Å². The summed E-state index contributed by atoms with van der Waals surface area (Å²) in [7, 11) is 0. The van der Waals surface area contributed by atoms with E-state index in [0.29, 0.717) is 0 Å². The molecule has 1 aliphatic heterocycles. The van der Waals surface area contributed by atoms with Crippen molar-refractivity contribution in [3.63, 3.8) is 0 Å². The normalized spacial score (nSPS) is 18.6. The minimum Gasteiger partial charge on any atom is -0.257 e. The molecule has 1 aromatic rings. The zero-order chi connectivity index (χ0) is 13.8. The number of hydrogen-bond donors (Lipinski definition) is 0. The molecule has 0 saturated carbocycles. The van der Waals surface area contributed by atoms with E-state index >= 15 is 0 Å². The van der Waals surface area contributed by atoms with Crippen molar-refractivity contribution in [3.05, 3.63) is 77.4 Å². The van der Waals surface area contributed by atoms with Crippen molar-refractivity contribution in [1.29, 1.82) is 0 Å². The minimum absolute atomic E-state index is 0.924. The standard InChI is InChI=1S/C19H19N/c1-15-12-13-18(16-8-4-2-5-9-16)14-19(20-15)17-10-6-3-7-11-17/h3-4,6-11,13-14H,2,5,12H2,1H3. The van der Waals surface area contributed by atoms with Crippen molar-refractivity contribution in [2.45, 2.75) is 26.2 Å². The average Bonchev–Trinajstić information content (AvgIpc) is 2.71. The molecule has 0 aromatic heterocycles. The maximum atomic E-state index is 4.77. The summed E-state index contributed by atoms with van der Waals surface area (Å²) in [6.07, 6.45) is 14.5. The Kier molecular flexibility index (Phi) is 3.78. The third kappa shape index (κ3) is 2.88. The molecule has 0 radical (unpaired) electrons. The summed E-state index contributed by atoms with van der Waals surface area (Å²) in [4.78, 5) is 4.77. The van der Waals surface area contributed by atoms with Crippen LogP contribution in [-0.2, 0) is 0 Å². The van der Waals surface area contributed by atoms with E-state index in [0.717, 1.165) is 30.7 Å². The van der Waals surface area contributed by atoms with Gasteiger partial charge in [-0.1, -0.05) is 54.6 Å². The zero-order valence-corrected chi connectivity index (χ0v) is 11.8. The summed E-state index contributed by atoms with van der Waals surface area (Å²) in [5.74, 6) is 0. The summed E-state index contributed by atoms with van der Waals surface area (Å²) in [6, 6.07) is 10.4. The van der Waals surface area contributed by atoms with Crippen LogP contribution in [0.4, 0.5) is 0 Å². The molecule has 1 nitrogen and oxygen atoms in total. The number of aliphatic imine (C=N–C) groups is 1. The van der Waals surface area contributed by atoms with Crippen LogP contribution >= 0.6 is 0 Å². The van der Waals surface area contributed by atoms with Crippen molar-refractivity contribution in [1.82, 2.24) is 0 Å². The molecule has 20 heavy (non-hydrogen) atoms. The molecule has 0 saturated heterocycles. The number of benzene rings is 1. The molecule has 2 aliphatic rings. The van der Waals surface area contributed by atoms with Gasteiger partial charge in [-0.25, -0.2) is 0 Å². The van der Waals surface area contributed by atoms with Crippen LogP contribution < -0.4 is 0 Å². The van der Waals surface area contributed by atoms with Gasteiger partial charge in [0, 0.05) is 17.7 Å². The van der Waals surface area contributed by atoms with Gasteiger partial charge in [0.1, 0.15) is 0 Å². The number of rotatable bonds is 2. The molecular weight excluding hydrogens is 242 g/mol. The molecule has 0 bridgehead atoms. The van der Waals surface area contributed by atoms with Gasteiger partial charge in [-0.15, -0.1) is 0 Å². The Hall–Kier alpha value is -2.15. The maximum Gasteiger partial charge on any atom is 0.0707 e. The molecule has 1 aliphatic carbocycles. The van der Waals surface area contributed by atoms with Crippen molar-refractivity contribution in [3.8, 4) is 0 Å². The number of allylic oxidation sites excluding steroid dienone is 7. The Bertz CT molecular complexity index is 640. The van der Waals surface area contributed by atoms with Gasteiger partial charge in [0.2, 0.25) is 0 Å². The molecule has 0 unspecified atom stereocenters. The van der Waals surface area contributed by atoms with Crippen LogP contribution in [0.25, 0.3) is 5.70 Å². The fourth-order valence-corrected chi connectivity index (χ4v) is 2.53. The maximum absolute atomic E-state index is 4.77. The Morgan fingerprint density at radius 2 is 1.80 bits per heavy atom. The van der Waals surface area contributed by atoms with Crippen molar-refractivity contribution in [2.24, 2.45) is 4.99 Å². The van der Waals surface area contributed by atoms with Crippen LogP contribution in [0, 0.1) is 0 Å². The largest absolute Gasteiger partial charge is 0.257 e. The van der Waals surface area contributed by atoms with Crippen molar-refractivity contribution in [2.75, 3.05) is 0 Å². The molecule has 0 fully saturated rings. The first-order valence-corrected chi connectivity index (χ1v) is 7.21. The Balaban J connectivity index is 2.01. The molecule has 1 aromatic carbocycles. The second-order valence-corrected chi connectivity index (χ2v) is 5.25. The Morgan fingerprint density at radius 3 is 2.55 bits per heavy atom. The summed E-state index contributed by atoms with van der Waals surface area (Å²) >= 11 is 0. The topological polar surface area (TPSA) is 12.4 Å². The van der Waals surface area contributed by atoms with Gasteiger partial charge in [0.25, 0.3) is 0 Å². The van der Waals surface area contributed by atoms with Crippen LogP contribution in [0.3, 0.4) is 0 Å². The predicted octanol–water partition coefficient (Wildman–Crippen LogP) is 5.09. The van der Waals surface area contributed by atoms with Crippen LogP contribution in [-0.4, -0.2) is 5.71 Å². The van der Waals surface area contributed by atoms with Gasteiger partial charge in [-0.2, -0.15) is 0 Å². The Labute approximate surface area is 120 Å². The highest BCUT2D eigenvalue weighted by molar-refractivity contribution is 5.91. The molecule has 1 heteroatoms. The first-order chi connectivity index (χ1) is 9.83. The first-order valence-electron chi connectivity index (χ1n) is 7.21. The molecular formula is C19H19N. The van der Waals surface area contributed by atoms with Crippen molar-refractivity contribution < 1.29 is 0 Å². The minimum atomic E-state index is 0.924.